The minimum Gasteiger partial charge on any atom is -0.495 e. The van der Waals surface area contributed by atoms with Gasteiger partial charge in [0.25, 0.3) is 5.91 Å². The van der Waals surface area contributed by atoms with Crippen molar-refractivity contribution in [3.8, 4) is 5.75 Å². The Morgan fingerprint density at radius 1 is 1.17 bits per heavy atom. The van der Waals surface area contributed by atoms with Crippen LogP contribution < -0.4 is 19.7 Å². The number of carbonyl (C=O) groups excluding carboxylic acids is 1. The lowest BCUT2D eigenvalue weighted by Gasteiger charge is -2.34. The van der Waals surface area contributed by atoms with E-state index < -0.39 is 10.0 Å². The number of aromatic nitrogens is 2. The highest BCUT2D eigenvalue weighted by molar-refractivity contribution is 7.89. The van der Waals surface area contributed by atoms with Gasteiger partial charge >= 0.3 is 0 Å². The lowest BCUT2D eigenvalue weighted by molar-refractivity contribution is 0.0947. The molecule has 3 rings (SSSR count). The summed E-state index contributed by atoms with van der Waals surface area (Å²) in [4.78, 5) is 25.3. The molecule has 0 bridgehead atoms. The maximum atomic E-state index is 12.5. The van der Waals surface area contributed by atoms with Crippen LogP contribution in [0.15, 0.2) is 41.6 Å². The largest absolute Gasteiger partial charge is 0.495 e. The fourth-order valence-electron chi connectivity index (χ4n) is 3.19. The Morgan fingerprint density at radius 2 is 1.87 bits per heavy atom. The second-order valence-electron chi connectivity index (χ2n) is 6.71. The zero-order chi connectivity index (χ0) is 21.6. The van der Waals surface area contributed by atoms with Crippen LogP contribution in [0.5, 0.6) is 5.75 Å². The zero-order valence-corrected chi connectivity index (χ0v) is 17.9. The van der Waals surface area contributed by atoms with Gasteiger partial charge in [0.05, 0.1) is 7.11 Å². The van der Waals surface area contributed by atoms with Crippen LogP contribution in [-0.2, 0) is 10.0 Å². The van der Waals surface area contributed by atoms with Crippen LogP contribution in [0.1, 0.15) is 10.4 Å². The summed E-state index contributed by atoms with van der Waals surface area (Å²) in [7, 11) is -1.05. The first-order valence-corrected chi connectivity index (χ1v) is 11.1. The third-order valence-corrected chi connectivity index (χ3v) is 6.34. The number of methoxy groups -OCH3 is 1. The highest BCUT2D eigenvalue weighted by Crippen LogP contribution is 2.24. The number of amides is 1. The Labute approximate surface area is 176 Å². The van der Waals surface area contributed by atoms with E-state index in [1.54, 1.807) is 24.5 Å². The van der Waals surface area contributed by atoms with Gasteiger partial charge in [-0.3, -0.25) is 9.69 Å². The van der Waals surface area contributed by atoms with Crippen LogP contribution in [0.3, 0.4) is 0 Å². The lowest BCUT2D eigenvalue weighted by Crippen LogP contribution is -2.49. The number of ether oxygens (including phenoxy) is 1. The van der Waals surface area contributed by atoms with Crippen molar-refractivity contribution in [2.45, 2.75) is 4.90 Å². The number of rotatable bonds is 8. The smallest absolute Gasteiger partial charge is 0.251 e. The molecule has 1 fully saturated rings. The van der Waals surface area contributed by atoms with Gasteiger partial charge in [-0.2, -0.15) is 0 Å². The summed E-state index contributed by atoms with van der Waals surface area (Å²) in [6, 6.07) is 6.13. The SMILES string of the molecule is CNS(=O)(=O)c1cc(C(=O)NCCN2CCN(c3ncccn3)CC2)ccc1OC. The van der Waals surface area contributed by atoms with Crippen molar-refractivity contribution in [1.82, 2.24) is 24.9 Å². The number of nitrogens with zero attached hydrogens (tertiary/aromatic N) is 4. The highest BCUT2D eigenvalue weighted by Gasteiger charge is 2.21. The van der Waals surface area contributed by atoms with Gasteiger partial charge in [0.15, 0.2) is 0 Å². The normalized spacial score (nSPS) is 15.1. The van der Waals surface area contributed by atoms with Crippen LogP contribution >= 0.6 is 0 Å². The van der Waals surface area contributed by atoms with Crippen molar-refractivity contribution >= 4 is 21.9 Å². The molecule has 0 saturated carbocycles. The van der Waals surface area contributed by atoms with E-state index >= 15 is 0 Å². The molecule has 0 atom stereocenters. The Balaban J connectivity index is 1.51. The molecule has 0 radical (unpaired) electrons. The first kappa shape index (κ1) is 21.9. The Kier molecular flexibility index (Phi) is 7.19. The van der Waals surface area contributed by atoms with Crippen LogP contribution in [0.2, 0.25) is 0 Å². The van der Waals surface area contributed by atoms with Crippen molar-refractivity contribution in [2.24, 2.45) is 0 Å². The van der Waals surface area contributed by atoms with E-state index in [4.69, 9.17) is 4.74 Å². The minimum absolute atomic E-state index is 0.0700. The van der Waals surface area contributed by atoms with Crippen molar-refractivity contribution in [1.29, 1.82) is 0 Å². The molecule has 1 aliphatic rings. The molecule has 1 aromatic carbocycles. The molecule has 2 heterocycles. The quantitative estimate of drug-likeness (QED) is 0.594. The van der Waals surface area contributed by atoms with Crippen LogP contribution in [0.4, 0.5) is 5.95 Å². The third kappa shape index (κ3) is 5.23. The Hall–Kier alpha value is -2.76. The van der Waals surface area contributed by atoms with Crippen molar-refractivity contribution in [2.75, 3.05) is 58.3 Å². The third-order valence-electron chi connectivity index (χ3n) is 4.90. The van der Waals surface area contributed by atoms with E-state index in [-0.39, 0.29) is 22.1 Å². The van der Waals surface area contributed by atoms with E-state index in [1.807, 2.05) is 0 Å². The molecule has 0 spiro atoms. The number of carbonyl (C=O) groups is 1. The molecule has 1 aromatic heterocycles. The number of piperazine rings is 1. The molecule has 162 valence electrons. The summed E-state index contributed by atoms with van der Waals surface area (Å²) in [6.07, 6.45) is 3.47. The van der Waals surface area contributed by atoms with Crippen molar-refractivity contribution in [3.63, 3.8) is 0 Å². The van der Waals surface area contributed by atoms with Gasteiger partial charge in [0, 0.05) is 57.2 Å². The summed E-state index contributed by atoms with van der Waals surface area (Å²) in [5.74, 6) is 0.583. The number of hydrogen-bond acceptors (Lipinski definition) is 8. The minimum atomic E-state index is -3.74. The van der Waals surface area contributed by atoms with Crippen molar-refractivity contribution in [3.05, 3.63) is 42.2 Å². The van der Waals surface area contributed by atoms with Gasteiger partial charge in [0.2, 0.25) is 16.0 Å². The number of hydrogen-bond donors (Lipinski definition) is 2. The Morgan fingerprint density at radius 3 is 2.50 bits per heavy atom. The van der Waals surface area contributed by atoms with Crippen LogP contribution in [-0.4, -0.2) is 82.6 Å². The first-order valence-electron chi connectivity index (χ1n) is 9.58. The average molecular weight is 435 g/mol. The molecule has 1 aliphatic heterocycles. The average Bonchev–Trinajstić information content (AvgIpc) is 2.79. The van der Waals surface area contributed by atoms with Gasteiger partial charge in [-0.05, 0) is 31.3 Å². The van der Waals surface area contributed by atoms with Crippen LogP contribution in [0.25, 0.3) is 0 Å². The molecule has 2 aromatic rings. The maximum Gasteiger partial charge on any atom is 0.251 e. The predicted molar refractivity (Wildman–Crippen MR) is 112 cm³/mol. The summed E-state index contributed by atoms with van der Waals surface area (Å²) in [5.41, 5.74) is 0.260. The second kappa shape index (κ2) is 9.83. The van der Waals surface area contributed by atoms with E-state index in [2.05, 4.69) is 29.8 Å². The maximum absolute atomic E-state index is 12.5. The summed E-state index contributed by atoms with van der Waals surface area (Å²) in [5, 5.41) is 2.85. The lowest BCUT2D eigenvalue weighted by atomic mass is 10.2. The number of nitrogens with one attached hydrogen (secondary N) is 2. The summed E-state index contributed by atoms with van der Waals surface area (Å²) >= 11 is 0. The number of anilines is 1. The standard InChI is InChI=1S/C19H26N6O4S/c1-20-30(27,28)17-14-15(4-5-16(17)29-2)18(26)21-8-9-24-10-12-25(13-11-24)19-22-6-3-7-23-19/h3-7,14,20H,8-13H2,1-2H3,(H,21,26). The molecule has 0 aliphatic carbocycles. The topological polar surface area (TPSA) is 117 Å². The molecular formula is C19H26N6O4S. The second-order valence-corrected chi connectivity index (χ2v) is 8.56. The van der Waals surface area contributed by atoms with E-state index in [9.17, 15) is 13.2 Å². The zero-order valence-electron chi connectivity index (χ0n) is 17.0. The summed E-state index contributed by atoms with van der Waals surface area (Å²) < 4.78 is 31.7. The first-order chi connectivity index (χ1) is 14.4. The monoisotopic (exact) mass is 434 g/mol. The predicted octanol–water partition coefficient (Wildman–Crippen LogP) is -0.0547. The molecule has 0 unspecified atom stereocenters. The van der Waals surface area contributed by atoms with E-state index in [0.717, 1.165) is 32.1 Å². The number of benzene rings is 1. The van der Waals surface area contributed by atoms with Gasteiger partial charge in [-0.1, -0.05) is 0 Å². The van der Waals surface area contributed by atoms with E-state index in [1.165, 1.54) is 26.3 Å². The van der Waals surface area contributed by atoms with E-state index in [0.29, 0.717) is 13.1 Å². The summed E-state index contributed by atoms with van der Waals surface area (Å²) in [6.45, 7) is 4.50. The van der Waals surface area contributed by atoms with Gasteiger partial charge in [-0.15, -0.1) is 0 Å². The molecular weight excluding hydrogens is 408 g/mol. The Bertz CT molecular complexity index is 962. The fraction of sp³-hybridized carbons (Fsp3) is 0.421. The van der Waals surface area contributed by atoms with Gasteiger partial charge < -0.3 is 15.0 Å². The molecule has 10 nitrogen and oxygen atoms in total. The number of sulfonamides is 1. The van der Waals surface area contributed by atoms with Gasteiger partial charge in [-0.25, -0.2) is 23.1 Å². The molecule has 1 amide bonds. The fourth-order valence-corrected chi connectivity index (χ4v) is 4.11. The van der Waals surface area contributed by atoms with Crippen LogP contribution in [0, 0.1) is 0 Å². The molecule has 11 heteroatoms. The molecule has 30 heavy (non-hydrogen) atoms. The molecule has 1 saturated heterocycles. The van der Waals surface area contributed by atoms with Gasteiger partial charge in [0.1, 0.15) is 10.6 Å². The molecule has 2 N–H and O–H groups in total. The van der Waals surface area contributed by atoms with Crippen molar-refractivity contribution < 1.29 is 17.9 Å². The highest BCUT2D eigenvalue weighted by atomic mass is 32.2.